The van der Waals surface area contributed by atoms with E-state index in [2.05, 4.69) is 9.97 Å². The summed E-state index contributed by atoms with van der Waals surface area (Å²) >= 11 is 1.15. The second-order valence-corrected chi connectivity index (χ2v) is 5.10. The Morgan fingerprint density at radius 1 is 1.40 bits per heavy atom. The molecule has 4 N–H and O–H groups in total. The van der Waals surface area contributed by atoms with Gasteiger partial charge in [0.2, 0.25) is 0 Å². The molecule has 0 fully saturated rings. The highest BCUT2D eigenvalue weighted by Gasteiger charge is 2.20. The van der Waals surface area contributed by atoms with Crippen molar-refractivity contribution in [2.75, 3.05) is 11.5 Å². The van der Waals surface area contributed by atoms with Crippen LogP contribution < -0.4 is 11.3 Å². The van der Waals surface area contributed by atoms with Gasteiger partial charge >= 0.3 is 5.97 Å². The van der Waals surface area contributed by atoms with Gasteiger partial charge in [-0.15, -0.1) is 0 Å². The summed E-state index contributed by atoms with van der Waals surface area (Å²) in [7, 11) is 0. The number of thioether (sulfide) groups is 1. The number of H-pyrrole nitrogens is 1. The van der Waals surface area contributed by atoms with Gasteiger partial charge in [-0.1, -0.05) is 42.1 Å². The van der Waals surface area contributed by atoms with Gasteiger partial charge in [0.25, 0.3) is 5.56 Å². The maximum Gasteiger partial charge on any atom is 0.311 e. The van der Waals surface area contributed by atoms with Crippen molar-refractivity contribution in [3.63, 3.8) is 0 Å². The van der Waals surface area contributed by atoms with E-state index in [4.69, 9.17) is 5.73 Å². The largest absolute Gasteiger partial charge is 0.481 e. The molecular weight excluding hydrogens is 278 g/mol. The van der Waals surface area contributed by atoms with Gasteiger partial charge in [-0.3, -0.25) is 9.59 Å². The standard InChI is InChI=1S/C13H13N3O3S/c14-10-6-11(17)16-13(15-10)20-7-9(12(18)19)8-4-2-1-3-5-8/h1-6,9H,7H2,(H,18,19)(H3,14,15,16,17). The molecule has 0 amide bonds. The van der Waals surface area contributed by atoms with E-state index in [1.807, 2.05) is 6.07 Å². The fourth-order valence-corrected chi connectivity index (χ4v) is 2.68. The predicted molar refractivity (Wildman–Crippen MR) is 76.8 cm³/mol. The summed E-state index contributed by atoms with van der Waals surface area (Å²) in [4.78, 5) is 29.0. The van der Waals surface area contributed by atoms with Crippen molar-refractivity contribution in [1.82, 2.24) is 9.97 Å². The topological polar surface area (TPSA) is 109 Å². The lowest BCUT2D eigenvalue weighted by molar-refractivity contribution is -0.138. The molecule has 1 aromatic heterocycles. The Morgan fingerprint density at radius 3 is 2.70 bits per heavy atom. The molecule has 2 rings (SSSR count). The molecule has 0 bridgehead atoms. The number of aromatic amines is 1. The van der Waals surface area contributed by atoms with Crippen molar-refractivity contribution >= 4 is 23.5 Å². The Kier molecular flexibility index (Phi) is 4.41. The van der Waals surface area contributed by atoms with Crippen molar-refractivity contribution in [3.8, 4) is 0 Å². The highest BCUT2D eigenvalue weighted by atomic mass is 32.2. The highest BCUT2D eigenvalue weighted by molar-refractivity contribution is 7.99. The first-order chi connectivity index (χ1) is 9.56. The van der Waals surface area contributed by atoms with Crippen molar-refractivity contribution in [2.45, 2.75) is 11.1 Å². The lowest BCUT2D eigenvalue weighted by Gasteiger charge is -2.11. The van der Waals surface area contributed by atoms with Crippen LogP contribution in [0.2, 0.25) is 0 Å². The average Bonchev–Trinajstić information content (AvgIpc) is 2.38. The molecule has 1 aromatic carbocycles. The molecule has 20 heavy (non-hydrogen) atoms. The van der Waals surface area contributed by atoms with E-state index in [0.717, 1.165) is 11.8 Å². The van der Waals surface area contributed by atoms with Gasteiger partial charge in [0.15, 0.2) is 5.16 Å². The van der Waals surface area contributed by atoms with Gasteiger partial charge in [-0.25, -0.2) is 4.98 Å². The average molecular weight is 291 g/mol. The number of anilines is 1. The zero-order valence-corrected chi connectivity index (χ0v) is 11.3. The molecule has 1 heterocycles. The summed E-state index contributed by atoms with van der Waals surface area (Å²) in [5, 5.41) is 9.60. The summed E-state index contributed by atoms with van der Waals surface area (Å²) in [6.45, 7) is 0. The number of nitrogens with zero attached hydrogens (tertiary/aromatic N) is 1. The number of benzene rings is 1. The van der Waals surface area contributed by atoms with Gasteiger partial charge in [0.1, 0.15) is 5.82 Å². The molecule has 104 valence electrons. The maximum absolute atomic E-state index is 11.3. The van der Waals surface area contributed by atoms with Crippen molar-refractivity contribution < 1.29 is 9.90 Å². The molecule has 0 saturated carbocycles. The lowest BCUT2D eigenvalue weighted by atomic mass is 10.0. The van der Waals surface area contributed by atoms with Crippen LogP contribution in [-0.4, -0.2) is 26.8 Å². The van der Waals surface area contributed by atoms with E-state index in [1.165, 1.54) is 6.07 Å². The van der Waals surface area contributed by atoms with Crippen LogP contribution in [0.4, 0.5) is 5.82 Å². The number of carbonyl (C=O) groups is 1. The van der Waals surface area contributed by atoms with Crippen LogP contribution in [-0.2, 0) is 4.79 Å². The maximum atomic E-state index is 11.3. The molecule has 0 aliphatic carbocycles. The van der Waals surface area contributed by atoms with Crippen molar-refractivity contribution in [3.05, 3.63) is 52.3 Å². The van der Waals surface area contributed by atoms with E-state index < -0.39 is 11.9 Å². The molecule has 2 aromatic rings. The number of nitrogens with one attached hydrogen (secondary N) is 1. The number of nitrogen functional groups attached to an aromatic ring is 1. The number of aromatic nitrogens is 2. The number of aliphatic carboxylic acids is 1. The third kappa shape index (κ3) is 3.61. The van der Waals surface area contributed by atoms with Crippen LogP contribution in [0.1, 0.15) is 11.5 Å². The van der Waals surface area contributed by atoms with Crippen LogP contribution in [0.15, 0.2) is 46.3 Å². The summed E-state index contributed by atoms with van der Waals surface area (Å²) in [6.07, 6.45) is 0. The van der Waals surface area contributed by atoms with E-state index in [1.54, 1.807) is 24.3 Å². The molecule has 7 heteroatoms. The van der Waals surface area contributed by atoms with E-state index in [9.17, 15) is 14.7 Å². The van der Waals surface area contributed by atoms with Crippen LogP contribution in [0.25, 0.3) is 0 Å². The van der Waals surface area contributed by atoms with Crippen LogP contribution in [0.5, 0.6) is 0 Å². The van der Waals surface area contributed by atoms with Gasteiger partial charge in [-0.2, -0.15) is 0 Å². The van der Waals surface area contributed by atoms with Crippen LogP contribution in [0, 0.1) is 0 Å². The normalized spacial score (nSPS) is 12.0. The van der Waals surface area contributed by atoms with Gasteiger partial charge in [0, 0.05) is 11.8 Å². The van der Waals surface area contributed by atoms with E-state index in [0.29, 0.717) is 10.7 Å². The summed E-state index contributed by atoms with van der Waals surface area (Å²) in [6, 6.07) is 10.1. The molecule has 0 aliphatic rings. The Balaban J connectivity index is 2.14. The summed E-state index contributed by atoms with van der Waals surface area (Å²) in [5.74, 6) is -1.23. The van der Waals surface area contributed by atoms with E-state index in [-0.39, 0.29) is 17.1 Å². The molecule has 6 nitrogen and oxygen atoms in total. The molecule has 0 spiro atoms. The second-order valence-electron chi connectivity index (χ2n) is 4.09. The number of hydrogen-bond donors (Lipinski definition) is 3. The number of carboxylic acid groups (broad SMARTS) is 1. The Morgan fingerprint density at radius 2 is 2.10 bits per heavy atom. The third-order valence-electron chi connectivity index (χ3n) is 2.63. The minimum atomic E-state index is -0.921. The quantitative estimate of drug-likeness (QED) is 0.566. The fraction of sp³-hybridized carbons (Fsp3) is 0.154. The third-order valence-corrected chi connectivity index (χ3v) is 3.59. The Bertz CT molecular complexity index is 657. The van der Waals surface area contributed by atoms with Crippen LogP contribution in [0.3, 0.4) is 0 Å². The minimum absolute atomic E-state index is 0.114. The molecule has 0 radical (unpaired) electrons. The van der Waals surface area contributed by atoms with Crippen LogP contribution >= 0.6 is 11.8 Å². The number of carboxylic acids is 1. The van der Waals surface area contributed by atoms with Gasteiger partial charge in [0.05, 0.1) is 5.92 Å². The first kappa shape index (κ1) is 14.1. The number of nitrogens with two attached hydrogens (primary N) is 1. The smallest absolute Gasteiger partial charge is 0.311 e. The second kappa shape index (κ2) is 6.25. The highest BCUT2D eigenvalue weighted by Crippen LogP contribution is 2.24. The molecular formula is C13H13N3O3S. The molecule has 1 atom stereocenters. The number of rotatable bonds is 5. The van der Waals surface area contributed by atoms with Crippen molar-refractivity contribution in [1.29, 1.82) is 0 Å². The first-order valence-electron chi connectivity index (χ1n) is 5.83. The lowest BCUT2D eigenvalue weighted by Crippen LogP contribution is -2.15. The zero-order valence-electron chi connectivity index (χ0n) is 10.4. The summed E-state index contributed by atoms with van der Waals surface area (Å²) < 4.78 is 0. The Hall–Kier alpha value is -2.28. The Labute approximate surface area is 119 Å². The monoisotopic (exact) mass is 291 g/mol. The van der Waals surface area contributed by atoms with E-state index >= 15 is 0 Å². The van der Waals surface area contributed by atoms with Gasteiger partial charge in [-0.05, 0) is 5.56 Å². The first-order valence-corrected chi connectivity index (χ1v) is 6.82. The fourth-order valence-electron chi connectivity index (χ4n) is 1.68. The predicted octanol–water partition coefficient (Wildman–Crippen LogP) is 1.31. The van der Waals surface area contributed by atoms with Gasteiger partial charge < -0.3 is 15.8 Å². The SMILES string of the molecule is Nc1cc(=O)[nH]c(SCC(C(=O)O)c2ccccc2)n1. The molecule has 0 aliphatic heterocycles. The zero-order chi connectivity index (χ0) is 14.5. The van der Waals surface area contributed by atoms with Crippen molar-refractivity contribution in [2.24, 2.45) is 0 Å². The summed E-state index contributed by atoms with van der Waals surface area (Å²) in [5.41, 5.74) is 5.83. The molecule has 0 saturated heterocycles. The molecule has 1 unspecified atom stereocenters. The minimum Gasteiger partial charge on any atom is -0.481 e. The number of hydrogen-bond acceptors (Lipinski definition) is 5.